The van der Waals surface area contributed by atoms with Crippen LogP contribution >= 0.6 is 24.0 Å². The second-order valence-corrected chi connectivity index (χ2v) is 7.99. The summed E-state index contributed by atoms with van der Waals surface area (Å²) in [5.74, 6) is 0.0188. The van der Waals surface area contributed by atoms with Crippen LogP contribution in [-0.4, -0.2) is 32.4 Å². The van der Waals surface area contributed by atoms with Crippen molar-refractivity contribution in [3.05, 3.63) is 70.7 Å². The molecule has 0 bridgehead atoms. The second kappa shape index (κ2) is 8.32. The molecule has 0 amide bonds. The number of rotatable bonds is 4. The van der Waals surface area contributed by atoms with Gasteiger partial charge >= 0.3 is 0 Å². The van der Waals surface area contributed by atoms with Crippen LogP contribution in [0, 0.1) is 0 Å². The summed E-state index contributed by atoms with van der Waals surface area (Å²) in [5.41, 5.74) is 1.72. The number of halogens is 2. The van der Waals surface area contributed by atoms with Crippen molar-refractivity contribution in [2.75, 3.05) is 19.6 Å². The van der Waals surface area contributed by atoms with E-state index in [0.717, 1.165) is 11.1 Å². The first-order chi connectivity index (χ1) is 11.1. The second-order valence-electron chi connectivity index (χ2n) is 5.63. The highest BCUT2D eigenvalue weighted by atomic mass is 35.5. The Labute approximate surface area is 154 Å². The third-order valence-electron chi connectivity index (χ3n) is 3.98. The molecule has 1 fully saturated rings. The summed E-state index contributed by atoms with van der Waals surface area (Å²) in [5, 5.41) is 3.89. The van der Waals surface area contributed by atoms with E-state index >= 15 is 0 Å². The van der Waals surface area contributed by atoms with Gasteiger partial charge in [-0.2, -0.15) is 4.31 Å². The molecular weight excluding hydrogens is 367 g/mol. The first-order valence-electron chi connectivity index (χ1n) is 7.56. The molecule has 2 aromatic carbocycles. The van der Waals surface area contributed by atoms with Gasteiger partial charge in [-0.15, -0.1) is 12.4 Å². The van der Waals surface area contributed by atoms with Gasteiger partial charge in [0, 0.05) is 24.7 Å². The van der Waals surface area contributed by atoms with Gasteiger partial charge in [0.2, 0.25) is 10.0 Å². The number of sulfonamides is 1. The Bertz CT molecular complexity index is 769. The van der Waals surface area contributed by atoms with E-state index in [2.05, 4.69) is 5.32 Å². The molecule has 1 N–H and O–H groups in total. The molecule has 1 heterocycles. The van der Waals surface area contributed by atoms with Crippen molar-refractivity contribution in [3.63, 3.8) is 0 Å². The Balaban J connectivity index is 0.00000208. The maximum Gasteiger partial charge on any atom is 0.218 e. The lowest BCUT2D eigenvalue weighted by Crippen LogP contribution is -2.48. The van der Waals surface area contributed by atoms with Gasteiger partial charge in [-0.25, -0.2) is 8.42 Å². The molecule has 7 heteroatoms. The molecule has 0 spiro atoms. The minimum absolute atomic E-state index is 0. The quantitative estimate of drug-likeness (QED) is 0.877. The van der Waals surface area contributed by atoms with Crippen molar-refractivity contribution in [1.82, 2.24) is 9.62 Å². The molecule has 1 aliphatic rings. The summed E-state index contributed by atoms with van der Waals surface area (Å²) < 4.78 is 27.4. The van der Waals surface area contributed by atoms with Gasteiger partial charge in [0.05, 0.1) is 11.8 Å². The zero-order valence-corrected chi connectivity index (χ0v) is 15.4. The molecule has 0 aliphatic carbocycles. The van der Waals surface area contributed by atoms with Crippen molar-refractivity contribution in [3.8, 4) is 0 Å². The molecule has 1 saturated heterocycles. The van der Waals surface area contributed by atoms with Gasteiger partial charge < -0.3 is 5.32 Å². The van der Waals surface area contributed by atoms with E-state index in [1.807, 2.05) is 48.5 Å². The predicted octanol–water partition coefficient (Wildman–Crippen LogP) is 3.24. The number of nitrogens with one attached hydrogen (secondary N) is 1. The number of hydrogen-bond acceptors (Lipinski definition) is 3. The number of benzene rings is 2. The summed E-state index contributed by atoms with van der Waals surface area (Å²) in [7, 11) is -3.40. The SMILES string of the molecule is Cl.O=S(=O)(Cc1ccccc1)N1CCNCC1c1cccc(Cl)c1. The standard InChI is InChI=1S/C17H19ClN2O2S.ClH/c18-16-8-4-7-15(11-16)17-12-19-9-10-20(17)23(21,22)13-14-5-2-1-3-6-14;/h1-8,11,17,19H,9-10,12-13H2;1H. The number of piperazine rings is 1. The Kier molecular flexibility index (Phi) is 6.66. The molecule has 1 atom stereocenters. The van der Waals surface area contributed by atoms with E-state index in [9.17, 15) is 8.42 Å². The van der Waals surface area contributed by atoms with E-state index in [4.69, 9.17) is 11.6 Å². The summed E-state index contributed by atoms with van der Waals surface area (Å²) in [6, 6.07) is 16.5. The van der Waals surface area contributed by atoms with Gasteiger partial charge in [0.25, 0.3) is 0 Å². The smallest absolute Gasteiger partial charge is 0.218 e. The molecule has 0 saturated carbocycles. The van der Waals surface area contributed by atoms with E-state index in [1.165, 1.54) is 0 Å². The molecule has 1 unspecified atom stereocenters. The lowest BCUT2D eigenvalue weighted by molar-refractivity contribution is 0.271. The van der Waals surface area contributed by atoms with Crippen LogP contribution < -0.4 is 5.32 Å². The lowest BCUT2D eigenvalue weighted by atomic mass is 10.1. The first-order valence-corrected chi connectivity index (χ1v) is 9.54. The minimum atomic E-state index is -3.40. The predicted molar refractivity (Wildman–Crippen MR) is 100 cm³/mol. The number of hydrogen-bond donors (Lipinski definition) is 1. The summed E-state index contributed by atoms with van der Waals surface area (Å²) in [6.07, 6.45) is 0. The molecule has 0 aromatic heterocycles. The summed E-state index contributed by atoms with van der Waals surface area (Å²) >= 11 is 6.07. The van der Waals surface area contributed by atoms with Gasteiger partial charge in [0.15, 0.2) is 0 Å². The molecule has 1 aliphatic heterocycles. The normalized spacial score (nSPS) is 18.8. The summed E-state index contributed by atoms with van der Waals surface area (Å²) in [4.78, 5) is 0. The van der Waals surface area contributed by atoms with Gasteiger partial charge in [-0.05, 0) is 23.3 Å². The van der Waals surface area contributed by atoms with Gasteiger partial charge in [0.1, 0.15) is 0 Å². The van der Waals surface area contributed by atoms with E-state index in [1.54, 1.807) is 10.4 Å². The monoisotopic (exact) mass is 386 g/mol. The van der Waals surface area contributed by atoms with Crippen LogP contribution in [0.4, 0.5) is 0 Å². The molecule has 24 heavy (non-hydrogen) atoms. The fourth-order valence-corrected chi connectivity index (χ4v) is 4.82. The van der Waals surface area contributed by atoms with Gasteiger partial charge in [-0.3, -0.25) is 0 Å². The van der Waals surface area contributed by atoms with Crippen molar-refractivity contribution < 1.29 is 8.42 Å². The Morgan fingerprint density at radius 2 is 1.88 bits per heavy atom. The third kappa shape index (κ3) is 4.49. The zero-order chi connectivity index (χ0) is 16.3. The van der Waals surface area contributed by atoms with Crippen molar-refractivity contribution in [2.45, 2.75) is 11.8 Å². The molecule has 2 aromatic rings. The zero-order valence-electron chi connectivity index (χ0n) is 13.1. The van der Waals surface area contributed by atoms with Crippen LogP contribution in [0.2, 0.25) is 5.02 Å². The third-order valence-corrected chi connectivity index (χ3v) is 6.06. The van der Waals surface area contributed by atoms with E-state index in [-0.39, 0.29) is 24.2 Å². The fraction of sp³-hybridized carbons (Fsp3) is 0.294. The average Bonchev–Trinajstić information content (AvgIpc) is 2.55. The molecule has 130 valence electrons. The van der Waals surface area contributed by atoms with Crippen molar-refractivity contribution in [1.29, 1.82) is 0 Å². The first kappa shape index (κ1) is 19.2. The van der Waals surface area contributed by atoms with Crippen LogP contribution in [0.25, 0.3) is 0 Å². The molecule has 4 nitrogen and oxygen atoms in total. The summed E-state index contributed by atoms with van der Waals surface area (Å²) in [6.45, 7) is 1.71. The topological polar surface area (TPSA) is 49.4 Å². The Hall–Kier alpha value is -1.11. The average molecular weight is 387 g/mol. The minimum Gasteiger partial charge on any atom is -0.313 e. The maximum absolute atomic E-state index is 12.9. The van der Waals surface area contributed by atoms with Crippen LogP contribution in [0.3, 0.4) is 0 Å². The highest BCUT2D eigenvalue weighted by Gasteiger charge is 2.33. The number of nitrogens with zero attached hydrogens (tertiary/aromatic N) is 1. The highest BCUT2D eigenvalue weighted by Crippen LogP contribution is 2.28. The highest BCUT2D eigenvalue weighted by molar-refractivity contribution is 7.88. The van der Waals surface area contributed by atoms with Crippen LogP contribution in [-0.2, 0) is 15.8 Å². The van der Waals surface area contributed by atoms with Crippen molar-refractivity contribution in [2.24, 2.45) is 0 Å². The van der Waals surface area contributed by atoms with Crippen LogP contribution in [0.15, 0.2) is 54.6 Å². The molecule has 0 radical (unpaired) electrons. The van der Waals surface area contributed by atoms with Crippen molar-refractivity contribution >= 4 is 34.0 Å². The van der Waals surface area contributed by atoms with E-state index in [0.29, 0.717) is 24.7 Å². The molecule has 3 rings (SSSR count). The lowest BCUT2D eigenvalue weighted by Gasteiger charge is -2.35. The van der Waals surface area contributed by atoms with Crippen LogP contribution in [0.1, 0.15) is 17.2 Å². The fourth-order valence-electron chi connectivity index (χ4n) is 2.88. The largest absolute Gasteiger partial charge is 0.313 e. The van der Waals surface area contributed by atoms with Crippen LogP contribution in [0.5, 0.6) is 0 Å². The Morgan fingerprint density at radius 1 is 1.12 bits per heavy atom. The van der Waals surface area contributed by atoms with Gasteiger partial charge in [-0.1, -0.05) is 54.1 Å². The van der Waals surface area contributed by atoms with E-state index < -0.39 is 10.0 Å². The molecular formula is C17H20Cl2N2O2S. The maximum atomic E-state index is 12.9. The Morgan fingerprint density at radius 3 is 2.58 bits per heavy atom.